The van der Waals surface area contributed by atoms with Gasteiger partial charge >= 0.3 is 0 Å². The summed E-state index contributed by atoms with van der Waals surface area (Å²) in [6.45, 7) is 2.05. The Balaban J connectivity index is 1.89. The van der Waals surface area contributed by atoms with E-state index in [9.17, 15) is 8.78 Å². The van der Waals surface area contributed by atoms with Gasteiger partial charge in [0.1, 0.15) is 12.8 Å². The molecule has 0 saturated heterocycles. The summed E-state index contributed by atoms with van der Waals surface area (Å²) in [6.07, 6.45) is 2.70. The van der Waals surface area contributed by atoms with Gasteiger partial charge in [0.05, 0.1) is 0 Å². The number of halogens is 2. The van der Waals surface area contributed by atoms with Gasteiger partial charge in [-0.3, -0.25) is 0 Å². The number of aryl methyl sites for hydroxylation is 1. The minimum Gasteiger partial charge on any atom is -0.390 e. The van der Waals surface area contributed by atoms with Gasteiger partial charge in [-0.2, -0.15) is 0 Å². The highest BCUT2D eigenvalue weighted by atomic mass is 19.2. The third kappa shape index (κ3) is 3.88. The lowest BCUT2D eigenvalue weighted by molar-refractivity contribution is 0.132. The Labute approximate surface area is 110 Å². The zero-order chi connectivity index (χ0) is 13.7. The van der Waals surface area contributed by atoms with Gasteiger partial charge in [0.25, 0.3) is 0 Å². The van der Waals surface area contributed by atoms with Crippen molar-refractivity contribution in [3.8, 4) is 0 Å². The molecule has 0 spiro atoms. The molecule has 0 saturated carbocycles. The molecule has 1 radical (unpaired) electrons. The van der Waals surface area contributed by atoms with E-state index in [1.807, 2.05) is 31.2 Å². The van der Waals surface area contributed by atoms with Crippen LogP contribution in [0.5, 0.6) is 0 Å². The van der Waals surface area contributed by atoms with E-state index in [0.29, 0.717) is 5.56 Å². The summed E-state index contributed by atoms with van der Waals surface area (Å²) in [5.74, 6) is -1.77. The average Bonchev–Trinajstić information content (AvgIpc) is 2.41. The van der Waals surface area contributed by atoms with Gasteiger partial charge in [0.2, 0.25) is 0 Å². The van der Waals surface area contributed by atoms with E-state index in [2.05, 4.69) is 11.4 Å². The first-order chi connectivity index (χ1) is 9.15. The molecule has 0 bridgehead atoms. The topological polar surface area (TPSA) is 21.6 Å². The molecule has 0 unspecified atom stereocenters. The van der Waals surface area contributed by atoms with Crippen molar-refractivity contribution in [3.05, 3.63) is 70.8 Å². The summed E-state index contributed by atoms with van der Waals surface area (Å²) in [6, 6.07) is 11.2. The fraction of sp³-hybridized carbons (Fsp3) is 0.133. The largest absolute Gasteiger partial charge is 0.390 e. The number of hydrogen-bond acceptors (Lipinski definition) is 2. The Morgan fingerprint density at radius 1 is 1.05 bits per heavy atom. The normalized spacial score (nSPS) is 10.9. The average molecular weight is 260 g/mol. The molecule has 2 rings (SSSR count). The zero-order valence-corrected chi connectivity index (χ0v) is 10.4. The SMILES string of the molecule is Cc1ccc(/[C]=N\OCc2ccc(F)c(F)c2)cc1. The van der Waals surface area contributed by atoms with Gasteiger partial charge in [-0.1, -0.05) is 41.1 Å². The summed E-state index contributed by atoms with van der Waals surface area (Å²) in [5.41, 5.74) is 2.44. The minimum atomic E-state index is -0.896. The second-order valence-corrected chi connectivity index (χ2v) is 4.09. The molecule has 4 heteroatoms. The third-order valence-electron chi connectivity index (χ3n) is 2.51. The number of nitrogens with zero attached hydrogens (tertiary/aromatic N) is 1. The number of rotatable bonds is 4. The van der Waals surface area contributed by atoms with Crippen LogP contribution in [-0.4, -0.2) is 6.21 Å². The van der Waals surface area contributed by atoms with E-state index >= 15 is 0 Å². The molecule has 19 heavy (non-hydrogen) atoms. The fourth-order valence-electron chi connectivity index (χ4n) is 1.45. The molecule has 0 aliphatic carbocycles. The molecule has 2 aromatic rings. The number of hydrogen-bond donors (Lipinski definition) is 0. The predicted molar refractivity (Wildman–Crippen MR) is 68.9 cm³/mol. The van der Waals surface area contributed by atoms with Crippen molar-refractivity contribution in [1.29, 1.82) is 0 Å². The van der Waals surface area contributed by atoms with E-state index in [1.54, 1.807) is 0 Å². The van der Waals surface area contributed by atoms with Crippen LogP contribution in [0.4, 0.5) is 8.78 Å². The van der Waals surface area contributed by atoms with Crippen molar-refractivity contribution in [3.63, 3.8) is 0 Å². The highest BCUT2D eigenvalue weighted by Gasteiger charge is 2.02. The second-order valence-electron chi connectivity index (χ2n) is 4.09. The van der Waals surface area contributed by atoms with Crippen molar-refractivity contribution in [2.24, 2.45) is 5.16 Å². The zero-order valence-electron chi connectivity index (χ0n) is 10.4. The Morgan fingerprint density at radius 2 is 1.79 bits per heavy atom. The number of benzene rings is 2. The summed E-state index contributed by atoms with van der Waals surface area (Å²) in [4.78, 5) is 4.97. The third-order valence-corrected chi connectivity index (χ3v) is 2.51. The van der Waals surface area contributed by atoms with Crippen molar-refractivity contribution >= 4 is 6.21 Å². The molecule has 0 N–H and O–H groups in total. The smallest absolute Gasteiger partial charge is 0.159 e. The molecule has 0 heterocycles. The van der Waals surface area contributed by atoms with E-state index in [-0.39, 0.29) is 6.61 Å². The van der Waals surface area contributed by atoms with Crippen LogP contribution in [0.3, 0.4) is 0 Å². The maximum absolute atomic E-state index is 12.9. The van der Waals surface area contributed by atoms with Crippen LogP contribution in [0.25, 0.3) is 0 Å². The summed E-state index contributed by atoms with van der Waals surface area (Å²) >= 11 is 0. The molecule has 0 atom stereocenters. The van der Waals surface area contributed by atoms with Gasteiger partial charge in [-0.25, -0.2) is 8.78 Å². The molecule has 0 aliphatic heterocycles. The van der Waals surface area contributed by atoms with E-state index in [0.717, 1.165) is 23.3 Å². The van der Waals surface area contributed by atoms with E-state index in [1.165, 1.54) is 6.07 Å². The second kappa shape index (κ2) is 6.09. The van der Waals surface area contributed by atoms with Crippen molar-refractivity contribution in [2.45, 2.75) is 13.5 Å². The monoisotopic (exact) mass is 260 g/mol. The summed E-state index contributed by atoms with van der Waals surface area (Å²) < 4.78 is 25.6. The Bertz CT molecular complexity index is 579. The molecule has 0 amide bonds. The minimum absolute atomic E-state index is 0.0655. The van der Waals surface area contributed by atoms with Crippen molar-refractivity contribution in [1.82, 2.24) is 0 Å². The lowest BCUT2D eigenvalue weighted by Crippen LogP contribution is -1.91. The molecule has 0 aliphatic rings. The highest BCUT2D eigenvalue weighted by molar-refractivity contribution is 5.79. The predicted octanol–water partition coefficient (Wildman–Crippen LogP) is 3.70. The Morgan fingerprint density at radius 3 is 2.47 bits per heavy atom. The quantitative estimate of drug-likeness (QED) is 0.606. The first-order valence-corrected chi connectivity index (χ1v) is 5.74. The van der Waals surface area contributed by atoms with Crippen LogP contribution in [0.1, 0.15) is 16.7 Å². The van der Waals surface area contributed by atoms with Crippen LogP contribution >= 0.6 is 0 Å². The lowest BCUT2D eigenvalue weighted by Gasteiger charge is -2.00. The first-order valence-electron chi connectivity index (χ1n) is 5.74. The molecule has 2 nitrogen and oxygen atoms in total. The van der Waals surface area contributed by atoms with Gasteiger partial charge < -0.3 is 4.84 Å². The molecule has 0 aromatic heterocycles. The summed E-state index contributed by atoms with van der Waals surface area (Å²) in [5, 5.41) is 3.65. The molecular formula is C15H12F2NO. The molecule has 97 valence electrons. The van der Waals surface area contributed by atoms with Gasteiger partial charge in [0.15, 0.2) is 11.6 Å². The molecule has 2 aromatic carbocycles. The van der Waals surface area contributed by atoms with E-state index < -0.39 is 11.6 Å². The standard InChI is InChI=1S/C15H12F2NO/c1-11-2-4-12(5-3-11)9-18-19-10-13-6-7-14(16)15(17)8-13/h2-8H,10H2,1H3. The highest BCUT2D eigenvalue weighted by Crippen LogP contribution is 2.09. The van der Waals surface area contributed by atoms with Gasteiger partial charge in [-0.05, 0) is 24.6 Å². The lowest BCUT2D eigenvalue weighted by atomic mass is 10.2. The van der Waals surface area contributed by atoms with Crippen LogP contribution in [-0.2, 0) is 11.4 Å². The Hall–Kier alpha value is -2.23. The molecule has 0 fully saturated rings. The molecular weight excluding hydrogens is 248 g/mol. The summed E-state index contributed by atoms with van der Waals surface area (Å²) in [7, 11) is 0. The van der Waals surface area contributed by atoms with Crippen LogP contribution in [0, 0.1) is 18.6 Å². The van der Waals surface area contributed by atoms with Crippen molar-refractivity contribution in [2.75, 3.05) is 0 Å². The van der Waals surface area contributed by atoms with Crippen LogP contribution < -0.4 is 0 Å². The van der Waals surface area contributed by atoms with Crippen molar-refractivity contribution < 1.29 is 13.6 Å². The Kier molecular flexibility index (Phi) is 4.23. The van der Waals surface area contributed by atoms with Crippen LogP contribution in [0.2, 0.25) is 0 Å². The fourth-order valence-corrected chi connectivity index (χ4v) is 1.45. The van der Waals surface area contributed by atoms with E-state index in [4.69, 9.17) is 4.84 Å². The van der Waals surface area contributed by atoms with Crippen LogP contribution in [0.15, 0.2) is 47.6 Å². The van der Waals surface area contributed by atoms with Gasteiger partial charge in [0, 0.05) is 5.56 Å². The maximum Gasteiger partial charge on any atom is 0.159 e. The first kappa shape index (κ1) is 13.2. The van der Waals surface area contributed by atoms with Gasteiger partial charge in [-0.15, -0.1) is 0 Å². The maximum atomic E-state index is 12.9.